The molecule has 2 aliphatic rings. The number of benzene rings is 4. The first kappa shape index (κ1) is 35.2. The van der Waals surface area contributed by atoms with Crippen molar-refractivity contribution in [3.8, 4) is 67.5 Å². The Morgan fingerprint density at radius 3 is 0.982 bits per heavy atom. The summed E-state index contributed by atoms with van der Waals surface area (Å²) in [6, 6.07) is 32.1. The van der Waals surface area contributed by atoms with Gasteiger partial charge in [0.05, 0.1) is 33.9 Å². The van der Waals surface area contributed by atoms with E-state index in [0.29, 0.717) is 67.1 Å². The van der Waals surface area contributed by atoms with Crippen LogP contribution < -0.4 is 21.4 Å². The SMILES string of the molecule is [Fe+2].[NH3+]c1ccc(-c2c3nc(c(-c4c(O)cccc4O)c4ccc([n-]4)c(-c4ccc([NH3+])cc4)c4nc(c(-c5c(O)cccc5O)c5ccc2[n-]5)C=C4)C=C3)cc1. The summed E-state index contributed by atoms with van der Waals surface area (Å²) in [6.07, 6.45) is 7.42. The molecule has 5 heterocycles. The second-order valence-electron chi connectivity index (χ2n) is 13.1. The second-order valence-corrected chi connectivity index (χ2v) is 13.1. The van der Waals surface area contributed by atoms with Crippen LogP contribution in [0.4, 0.5) is 11.4 Å². The third kappa shape index (κ3) is 6.13. The smallest absolute Gasteiger partial charge is 0.657 e. The van der Waals surface area contributed by atoms with Gasteiger partial charge in [-0.3, -0.25) is 0 Å². The first-order valence-electron chi connectivity index (χ1n) is 17.2. The fraction of sp³-hybridized carbons (Fsp3) is 0. The molecule has 11 heteroatoms. The van der Waals surface area contributed by atoms with Gasteiger partial charge in [0.2, 0.25) is 0 Å². The van der Waals surface area contributed by atoms with Gasteiger partial charge in [-0.15, -0.1) is 22.1 Å². The van der Waals surface area contributed by atoms with Crippen LogP contribution in [0.15, 0.2) is 109 Å². The molecule has 8 bridgehead atoms. The number of fused-ring (bicyclic) bond motifs is 8. The van der Waals surface area contributed by atoms with E-state index in [-0.39, 0.29) is 51.2 Å². The van der Waals surface area contributed by atoms with Crippen molar-refractivity contribution in [2.45, 2.75) is 0 Å². The van der Waals surface area contributed by atoms with E-state index in [1.54, 1.807) is 12.1 Å². The van der Waals surface area contributed by atoms with Crippen LogP contribution in [0.1, 0.15) is 22.8 Å². The predicted octanol–water partition coefficient (Wildman–Crippen LogP) is 7.15. The third-order valence-electron chi connectivity index (χ3n) is 9.64. The summed E-state index contributed by atoms with van der Waals surface area (Å²) < 4.78 is 0. The van der Waals surface area contributed by atoms with Crippen LogP contribution in [0, 0.1) is 0 Å². The van der Waals surface area contributed by atoms with Crippen LogP contribution in [0.5, 0.6) is 23.0 Å². The van der Waals surface area contributed by atoms with Gasteiger partial charge in [0.25, 0.3) is 0 Å². The van der Waals surface area contributed by atoms with Crippen molar-refractivity contribution >= 4 is 57.7 Å². The molecule has 2 aliphatic heterocycles. The molecule has 3 aromatic heterocycles. The zero-order valence-electron chi connectivity index (χ0n) is 29.0. The number of phenolic OH excluding ortho intramolecular Hbond substituents is 4. The maximum absolute atomic E-state index is 11.2. The summed E-state index contributed by atoms with van der Waals surface area (Å²) >= 11 is 0. The average Bonchev–Trinajstić information content (AvgIpc) is 3.99. The zero-order valence-corrected chi connectivity index (χ0v) is 30.2. The number of aromatic nitrogens is 4. The second kappa shape index (κ2) is 13.8. The summed E-state index contributed by atoms with van der Waals surface area (Å²) in [4.78, 5) is 20.5. The Morgan fingerprint density at radius 2 is 0.655 bits per heavy atom. The fourth-order valence-electron chi connectivity index (χ4n) is 7.10. The molecule has 10 N–H and O–H groups in total. The molecule has 4 aromatic carbocycles. The molecule has 0 saturated carbocycles. The van der Waals surface area contributed by atoms with Gasteiger partial charge in [-0.2, -0.15) is 0 Å². The Morgan fingerprint density at radius 1 is 0.364 bits per heavy atom. The van der Waals surface area contributed by atoms with E-state index in [2.05, 4.69) is 11.5 Å². The van der Waals surface area contributed by atoms with Crippen LogP contribution in [0.3, 0.4) is 0 Å². The van der Waals surface area contributed by atoms with E-state index in [1.807, 2.05) is 97.1 Å². The molecule has 0 saturated heterocycles. The third-order valence-corrected chi connectivity index (χ3v) is 9.64. The van der Waals surface area contributed by atoms with Gasteiger partial charge in [0.1, 0.15) is 34.4 Å². The Hall–Kier alpha value is -6.88. The van der Waals surface area contributed by atoms with Crippen LogP contribution in [0.2, 0.25) is 0 Å². The molecule has 55 heavy (non-hydrogen) atoms. The molecule has 0 unspecified atom stereocenters. The first-order valence-corrected chi connectivity index (χ1v) is 17.2. The summed E-state index contributed by atoms with van der Waals surface area (Å²) in [6.45, 7) is 0. The summed E-state index contributed by atoms with van der Waals surface area (Å²) in [5.74, 6) is -0.503. The number of quaternary nitrogens is 2. The number of rotatable bonds is 4. The maximum Gasteiger partial charge on any atom is 2.00 e. The summed E-state index contributed by atoms with van der Waals surface area (Å²) in [5.41, 5.74) is 18.3. The first-order chi connectivity index (χ1) is 26.2. The van der Waals surface area contributed by atoms with E-state index in [1.165, 1.54) is 24.3 Å². The van der Waals surface area contributed by atoms with E-state index in [4.69, 9.17) is 19.9 Å². The minimum absolute atomic E-state index is 0. The number of nitrogens with zero attached hydrogens (tertiary/aromatic N) is 4. The zero-order chi connectivity index (χ0) is 37.1. The van der Waals surface area contributed by atoms with Gasteiger partial charge in [0, 0.05) is 11.1 Å². The standard InChI is InChI=1S/C44H30N6O4.Fe/c45-25-11-7-23(8-12-25)39-27-15-19-31(47-27)41(43-35(51)3-1-4-36(43)52)32-20-16-28(48-32)40(24-9-13-26(46)14-10-24)30-18-22-34(50-30)42(33-21-17-29(39)49-33)44-37(53)5-2-6-38(44)54;/h1-22H,(H8-2,45,46,47,48,49,50,51,52,53,54);/q-2;+2/p+2. The van der Waals surface area contributed by atoms with Gasteiger partial charge in [-0.05, 0) is 119 Å². The molecule has 7 aromatic rings. The molecule has 0 aliphatic carbocycles. The Labute approximate surface area is 324 Å². The van der Waals surface area contributed by atoms with Crippen molar-refractivity contribution in [3.05, 3.63) is 132 Å². The molecule has 10 nitrogen and oxygen atoms in total. The van der Waals surface area contributed by atoms with Crippen molar-refractivity contribution in [1.29, 1.82) is 0 Å². The van der Waals surface area contributed by atoms with Gasteiger partial charge < -0.3 is 41.9 Å². The number of hydrogen-bond acceptors (Lipinski definition) is 6. The number of hydrogen-bond donors (Lipinski definition) is 6. The molecular formula is C44H32FeN6O4+2. The van der Waals surface area contributed by atoms with Crippen molar-refractivity contribution in [1.82, 2.24) is 19.9 Å². The minimum Gasteiger partial charge on any atom is -0.657 e. The Balaban J connectivity index is 0.00000427. The molecule has 0 spiro atoms. The van der Waals surface area contributed by atoms with Crippen molar-refractivity contribution in [3.63, 3.8) is 0 Å². The van der Waals surface area contributed by atoms with Gasteiger partial charge in [0.15, 0.2) is 0 Å². The van der Waals surface area contributed by atoms with Crippen molar-refractivity contribution in [2.75, 3.05) is 0 Å². The molecule has 0 atom stereocenters. The fourth-order valence-corrected chi connectivity index (χ4v) is 7.10. The molecular weight excluding hydrogens is 732 g/mol. The van der Waals surface area contributed by atoms with E-state index in [9.17, 15) is 20.4 Å². The van der Waals surface area contributed by atoms with Gasteiger partial charge in [-0.1, -0.05) is 36.4 Å². The maximum atomic E-state index is 11.2. The van der Waals surface area contributed by atoms with Gasteiger partial charge >= 0.3 is 17.1 Å². The van der Waals surface area contributed by atoms with Crippen LogP contribution in [-0.4, -0.2) is 30.4 Å². The predicted molar refractivity (Wildman–Crippen MR) is 210 cm³/mol. The largest absolute Gasteiger partial charge is 2.00 e. The molecule has 0 amide bonds. The average molecular weight is 765 g/mol. The van der Waals surface area contributed by atoms with Crippen LogP contribution in [-0.2, 0) is 17.1 Å². The quantitative estimate of drug-likeness (QED) is 0.102. The Kier molecular flexibility index (Phi) is 8.84. The monoisotopic (exact) mass is 764 g/mol. The Bertz CT molecular complexity index is 2650. The van der Waals surface area contributed by atoms with Crippen LogP contribution >= 0.6 is 0 Å². The number of aromatic hydroxyl groups is 4. The van der Waals surface area contributed by atoms with E-state index >= 15 is 0 Å². The van der Waals surface area contributed by atoms with Crippen molar-refractivity contribution < 1.29 is 49.0 Å². The summed E-state index contributed by atoms with van der Waals surface area (Å²) in [5, 5.41) is 44.8. The summed E-state index contributed by atoms with van der Waals surface area (Å²) in [7, 11) is 0. The van der Waals surface area contributed by atoms with Gasteiger partial charge in [-0.25, -0.2) is 9.97 Å². The normalized spacial score (nSPS) is 11.8. The molecule has 9 rings (SSSR count). The number of phenols is 4. The van der Waals surface area contributed by atoms with E-state index < -0.39 is 0 Å². The van der Waals surface area contributed by atoms with Crippen LogP contribution in [0.25, 0.3) is 90.9 Å². The topological polar surface area (TPSA) is 190 Å². The van der Waals surface area contributed by atoms with E-state index in [0.717, 1.165) is 22.5 Å². The van der Waals surface area contributed by atoms with Crippen molar-refractivity contribution in [2.24, 2.45) is 0 Å². The minimum atomic E-state index is -0.126. The molecule has 0 fully saturated rings. The molecule has 0 radical (unpaired) electrons. The molecule has 268 valence electrons.